The van der Waals surface area contributed by atoms with Gasteiger partial charge in [0.1, 0.15) is 0 Å². The van der Waals surface area contributed by atoms with Crippen molar-refractivity contribution in [3.05, 3.63) is 121 Å². The molecule has 0 amide bonds. The van der Waals surface area contributed by atoms with Gasteiger partial charge >= 0.3 is 0 Å². The molecule has 0 unspecified atom stereocenters. The topological polar surface area (TPSA) is 17.8 Å². The Hall–Kier alpha value is -3.33. The Labute approximate surface area is 213 Å². The Morgan fingerprint density at radius 1 is 0.853 bits per heavy atom. The van der Waals surface area contributed by atoms with Crippen molar-refractivity contribution in [3.63, 3.8) is 0 Å². The first-order valence-electron chi connectivity index (χ1n) is 11.2. The van der Waals surface area contributed by atoms with E-state index in [-0.39, 0.29) is 25.9 Å². The van der Waals surface area contributed by atoms with Gasteiger partial charge in [0.25, 0.3) is 0 Å². The average molecular weight is 624 g/mol. The Kier molecular flexibility index (Phi) is 7.52. The maximum Gasteiger partial charge on any atom is 0.0603 e. The van der Waals surface area contributed by atoms with Crippen molar-refractivity contribution in [1.82, 2.24) is 9.55 Å². The number of hydrogen-bond acceptors (Lipinski definition) is 1. The van der Waals surface area contributed by atoms with E-state index in [0.29, 0.717) is 0 Å². The summed E-state index contributed by atoms with van der Waals surface area (Å²) in [6, 6.07) is 33.1. The number of halogens is 1. The first kappa shape index (κ1) is 23.8. The molecular formula is C30H24FIrN2-. The van der Waals surface area contributed by atoms with Crippen LogP contribution in [0.3, 0.4) is 0 Å². The molecule has 0 fully saturated rings. The van der Waals surface area contributed by atoms with Gasteiger partial charge in [-0.25, -0.2) is 0 Å². The van der Waals surface area contributed by atoms with E-state index in [0.717, 1.165) is 52.2 Å². The quantitative estimate of drug-likeness (QED) is 0.177. The van der Waals surface area contributed by atoms with E-state index >= 15 is 0 Å². The molecule has 2 nitrogen and oxygen atoms in total. The molecule has 5 rings (SSSR count). The van der Waals surface area contributed by atoms with Gasteiger partial charge in [0.05, 0.1) is 11.5 Å². The molecule has 1 aromatic heterocycles. The fourth-order valence-electron chi connectivity index (χ4n) is 4.29. The third-order valence-corrected chi connectivity index (χ3v) is 5.78. The predicted molar refractivity (Wildman–Crippen MR) is 133 cm³/mol. The molecule has 0 saturated heterocycles. The summed E-state index contributed by atoms with van der Waals surface area (Å²) in [4.78, 5) is 4.63. The molecule has 0 spiro atoms. The average Bonchev–Trinajstić information content (AvgIpc) is 3.35. The van der Waals surface area contributed by atoms with Crippen molar-refractivity contribution < 1.29 is 24.5 Å². The number of aryl methyl sites for hydroxylation is 1. The van der Waals surface area contributed by atoms with E-state index in [2.05, 4.69) is 83.2 Å². The standard InChI is InChI=1S/C30H24FN2.Ir/c1-2-9-22-20-27(23-10-5-3-6-11-23)29(28(21-22)24-12-7-4-8-13-24)33-19-18-32-30(33)25-14-16-26(31)17-15-25;/h3-8,10-14,16-21H,2,9H2,1H3;/q-1;. The Balaban J connectivity index is 0.00000274. The van der Waals surface area contributed by atoms with Crippen LogP contribution in [0, 0.1) is 11.9 Å². The number of benzene rings is 4. The van der Waals surface area contributed by atoms with Crippen LogP contribution < -0.4 is 0 Å². The van der Waals surface area contributed by atoms with Gasteiger partial charge in [-0.1, -0.05) is 74.0 Å². The fourth-order valence-corrected chi connectivity index (χ4v) is 4.29. The second-order valence-corrected chi connectivity index (χ2v) is 8.06. The largest absolute Gasteiger partial charge is 0.339 e. The van der Waals surface area contributed by atoms with Crippen LogP contribution in [-0.4, -0.2) is 9.55 Å². The molecule has 4 aromatic carbocycles. The summed E-state index contributed by atoms with van der Waals surface area (Å²) in [5, 5.41) is 0. The first-order chi connectivity index (χ1) is 16.2. The van der Waals surface area contributed by atoms with E-state index in [1.54, 1.807) is 12.3 Å². The van der Waals surface area contributed by atoms with Crippen LogP contribution in [0.25, 0.3) is 39.3 Å². The number of nitrogens with zero attached hydrogens (tertiary/aromatic N) is 2. The third-order valence-electron chi connectivity index (χ3n) is 5.78. The van der Waals surface area contributed by atoms with E-state index < -0.39 is 0 Å². The zero-order chi connectivity index (χ0) is 22.6. The Morgan fingerprint density at radius 3 is 2.00 bits per heavy atom. The maximum atomic E-state index is 13.6. The molecule has 1 radical (unpaired) electrons. The Morgan fingerprint density at radius 2 is 1.47 bits per heavy atom. The molecule has 0 saturated carbocycles. The summed E-state index contributed by atoms with van der Waals surface area (Å²) < 4.78 is 15.7. The van der Waals surface area contributed by atoms with Gasteiger partial charge in [-0.2, -0.15) is 0 Å². The van der Waals surface area contributed by atoms with E-state index in [1.165, 1.54) is 17.7 Å². The molecule has 0 N–H and O–H groups in total. The predicted octanol–water partition coefficient (Wildman–Crippen LogP) is 7.76. The Bertz CT molecular complexity index is 1300. The van der Waals surface area contributed by atoms with Crippen LogP contribution in [0.2, 0.25) is 0 Å². The molecule has 0 aliphatic rings. The summed E-state index contributed by atoms with van der Waals surface area (Å²) in [6.07, 6.45) is 5.83. The van der Waals surface area contributed by atoms with Crippen LogP contribution in [-0.2, 0) is 26.5 Å². The van der Waals surface area contributed by atoms with Crippen molar-refractivity contribution in [2.24, 2.45) is 0 Å². The molecule has 5 aromatic rings. The molecular weight excluding hydrogens is 600 g/mol. The summed E-state index contributed by atoms with van der Waals surface area (Å²) in [5.41, 5.74) is 7.67. The van der Waals surface area contributed by atoms with Crippen molar-refractivity contribution in [2.45, 2.75) is 19.8 Å². The van der Waals surface area contributed by atoms with Crippen LogP contribution in [0.1, 0.15) is 18.9 Å². The van der Waals surface area contributed by atoms with Gasteiger partial charge in [0.2, 0.25) is 0 Å². The second-order valence-electron chi connectivity index (χ2n) is 8.06. The number of aromatic nitrogens is 2. The minimum absolute atomic E-state index is 0. The number of imidazole rings is 1. The molecule has 171 valence electrons. The van der Waals surface area contributed by atoms with E-state index in [4.69, 9.17) is 0 Å². The van der Waals surface area contributed by atoms with Crippen molar-refractivity contribution in [3.8, 4) is 39.3 Å². The monoisotopic (exact) mass is 624 g/mol. The molecule has 34 heavy (non-hydrogen) atoms. The molecule has 0 aliphatic heterocycles. The van der Waals surface area contributed by atoms with Gasteiger partial charge in [0.15, 0.2) is 0 Å². The smallest absolute Gasteiger partial charge is 0.0603 e. The maximum absolute atomic E-state index is 13.6. The van der Waals surface area contributed by atoms with Gasteiger partial charge in [-0.15, -0.1) is 29.8 Å². The summed E-state index contributed by atoms with van der Waals surface area (Å²) >= 11 is 0. The first-order valence-corrected chi connectivity index (χ1v) is 11.2. The summed E-state index contributed by atoms with van der Waals surface area (Å²) in [5.74, 6) is 0.420. The molecule has 4 heteroatoms. The van der Waals surface area contributed by atoms with Crippen LogP contribution in [0.4, 0.5) is 4.39 Å². The van der Waals surface area contributed by atoms with Gasteiger partial charge in [-0.05, 0) is 35.2 Å². The molecule has 1 heterocycles. The van der Waals surface area contributed by atoms with Crippen LogP contribution in [0.15, 0.2) is 103 Å². The zero-order valence-corrected chi connectivity index (χ0v) is 21.2. The second kappa shape index (κ2) is 10.7. The number of rotatable bonds is 6. The number of hydrogen-bond donors (Lipinski definition) is 0. The van der Waals surface area contributed by atoms with Gasteiger partial charge in [-0.3, -0.25) is 9.37 Å². The van der Waals surface area contributed by atoms with E-state index in [1.807, 2.05) is 18.3 Å². The normalized spacial score (nSPS) is 10.6. The van der Waals surface area contributed by atoms with Crippen molar-refractivity contribution in [2.75, 3.05) is 0 Å². The van der Waals surface area contributed by atoms with Crippen LogP contribution >= 0.6 is 0 Å². The van der Waals surface area contributed by atoms with Crippen LogP contribution in [0.5, 0.6) is 0 Å². The van der Waals surface area contributed by atoms with Gasteiger partial charge in [0, 0.05) is 49.4 Å². The van der Waals surface area contributed by atoms with Crippen molar-refractivity contribution in [1.29, 1.82) is 0 Å². The minimum Gasteiger partial charge on any atom is -0.339 e. The molecule has 0 bridgehead atoms. The SMILES string of the molecule is CCCc1cc(-c2ccccc2)c(-n2ccnc2-c2[c-]cc(F)cc2)c(-c2ccccc2)c1.[Ir]. The van der Waals surface area contributed by atoms with Crippen molar-refractivity contribution >= 4 is 0 Å². The minimum atomic E-state index is -0.310. The molecule has 0 atom stereocenters. The zero-order valence-electron chi connectivity index (χ0n) is 18.8. The fraction of sp³-hybridized carbons (Fsp3) is 0.100. The summed E-state index contributed by atoms with van der Waals surface area (Å²) in [7, 11) is 0. The third kappa shape index (κ3) is 4.79. The van der Waals surface area contributed by atoms with Gasteiger partial charge < -0.3 is 4.57 Å². The van der Waals surface area contributed by atoms with E-state index in [9.17, 15) is 4.39 Å². The molecule has 0 aliphatic carbocycles. The summed E-state index contributed by atoms with van der Waals surface area (Å²) in [6.45, 7) is 2.20.